The Balaban J connectivity index is 0.000000589. The SMILES string of the molecule is CC(=O)O.CCc1ccc(-c2nc(CCOc3ccc4c(c3)CCC4)c(C)o2)cc1. The van der Waals surface area contributed by atoms with E-state index in [-0.39, 0.29) is 0 Å². The fraction of sp³-hybridized carbons (Fsp3) is 0.360. The van der Waals surface area contributed by atoms with Gasteiger partial charge in [0.25, 0.3) is 5.97 Å². The zero-order valence-corrected chi connectivity index (χ0v) is 17.9. The zero-order valence-electron chi connectivity index (χ0n) is 17.9. The Labute approximate surface area is 177 Å². The lowest BCUT2D eigenvalue weighted by Crippen LogP contribution is -2.03. The molecular weight excluding hydrogens is 378 g/mol. The van der Waals surface area contributed by atoms with Crippen LogP contribution in [0, 0.1) is 6.92 Å². The van der Waals surface area contributed by atoms with E-state index in [1.807, 2.05) is 6.92 Å². The first-order chi connectivity index (χ1) is 14.5. The van der Waals surface area contributed by atoms with Crippen molar-refractivity contribution in [2.45, 2.75) is 52.9 Å². The molecule has 1 aliphatic carbocycles. The molecule has 3 aromatic rings. The standard InChI is InChI=1S/C23H25NO2.C2H4O2/c1-3-17-7-9-19(10-8-17)23-24-22(16(2)26-23)13-14-25-21-12-11-18-5-4-6-20(18)15-21;1-2(3)4/h7-12,15H,3-6,13-14H2,1-2H3;1H3,(H,3,4). The number of nitrogens with zero attached hydrogens (tertiary/aromatic N) is 1. The van der Waals surface area contributed by atoms with E-state index >= 15 is 0 Å². The first-order valence-corrected chi connectivity index (χ1v) is 10.5. The van der Waals surface area contributed by atoms with E-state index in [1.54, 1.807) is 0 Å². The Morgan fingerprint density at radius 1 is 1.13 bits per heavy atom. The third kappa shape index (κ3) is 5.72. The highest BCUT2D eigenvalue weighted by Gasteiger charge is 2.13. The van der Waals surface area contributed by atoms with Crippen molar-refractivity contribution in [2.75, 3.05) is 6.61 Å². The van der Waals surface area contributed by atoms with Gasteiger partial charge in [0.15, 0.2) is 0 Å². The number of rotatable bonds is 6. The minimum Gasteiger partial charge on any atom is -0.493 e. The highest BCUT2D eigenvalue weighted by molar-refractivity contribution is 5.63. The lowest BCUT2D eigenvalue weighted by atomic mass is 10.1. The highest BCUT2D eigenvalue weighted by Crippen LogP contribution is 2.26. The number of ether oxygens (including phenoxy) is 1. The lowest BCUT2D eigenvalue weighted by Gasteiger charge is -2.07. The molecule has 5 heteroatoms. The van der Waals surface area contributed by atoms with Crippen molar-refractivity contribution in [3.8, 4) is 17.2 Å². The average molecular weight is 408 g/mol. The van der Waals surface area contributed by atoms with Gasteiger partial charge in [-0.2, -0.15) is 0 Å². The summed E-state index contributed by atoms with van der Waals surface area (Å²) in [5.41, 5.74) is 6.23. The molecule has 0 spiro atoms. The summed E-state index contributed by atoms with van der Waals surface area (Å²) in [4.78, 5) is 13.7. The van der Waals surface area contributed by atoms with Crippen LogP contribution in [0.5, 0.6) is 5.75 Å². The molecule has 0 bridgehead atoms. The molecule has 0 atom stereocenters. The van der Waals surface area contributed by atoms with Crippen molar-refractivity contribution in [3.63, 3.8) is 0 Å². The number of oxazole rings is 1. The van der Waals surface area contributed by atoms with E-state index in [0.717, 1.165) is 42.5 Å². The van der Waals surface area contributed by atoms with Crippen molar-refractivity contribution >= 4 is 5.97 Å². The highest BCUT2D eigenvalue weighted by atomic mass is 16.5. The molecule has 1 aromatic heterocycles. The van der Waals surface area contributed by atoms with Crippen LogP contribution >= 0.6 is 0 Å². The summed E-state index contributed by atoms with van der Waals surface area (Å²) in [7, 11) is 0. The van der Waals surface area contributed by atoms with Gasteiger partial charge < -0.3 is 14.3 Å². The van der Waals surface area contributed by atoms with E-state index < -0.39 is 5.97 Å². The molecule has 0 unspecified atom stereocenters. The van der Waals surface area contributed by atoms with Gasteiger partial charge in [-0.1, -0.05) is 25.1 Å². The molecule has 0 amide bonds. The number of carbonyl (C=O) groups is 1. The van der Waals surface area contributed by atoms with Gasteiger partial charge in [0.05, 0.1) is 12.3 Å². The number of aryl methyl sites for hydroxylation is 4. The van der Waals surface area contributed by atoms with E-state index in [9.17, 15) is 0 Å². The fourth-order valence-corrected chi connectivity index (χ4v) is 3.57. The van der Waals surface area contributed by atoms with Gasteiger partial charge in [-0.05, 0) is 73.6 Å². The minimum absolute atomic E-state index is 0.611. The molecule has 0 fully saturated rings. The number of aromatic nitrogens is 1. The van der Waals surface area contributed by atoms with Gasteiger partial charge in [0.1, 0.15) is 11.5 Å². The Morgan fingerprint density at radius 2 is 1.83 bits per heavy atom. The second-order valence-electron chi connectivity index (χ2n) is 7.47. The molecule has 4 rings (SSSR count). The van der Waals surface area contributed by atoms with Crippen molar-refractivity contribution < 1.29 is 19.1 Å². The molecule has 2 aromatic carbocycles. The third-order valence-electron chi connectivity index (χ3n) is 5.18. The second-order valence-corrected chi connectivity index (χ2v) is 7.47. The van der Waals surface area contributed by atoms with Gasteiger partial charge in [0.2, 0.25) is 5.89 Å². The zero-order chi connectivity index (χ0) is 21.5. The monoisotopic (exact) mass is 407 g/mol. The van der Waals surface area contributed by atoms with Crippen LogP contribution < -0.4 is 4.74 Å². The second kappa shape index (κ2) is 10.1. The fourth-order valence-electron chi connectivity index (χ4n) is 3.57. The van der Waals surface area contributed by atoms with Crippen molar-refractivity contribution in [1.29, 1.82) is 0 Å². The summed E-state index contributed by atoms with van der Waals surface area (Å²) in [6, 6.07) is 14.9. The minimum atomic E-state index is -0.833. The van der Waals surface area contributed by atoms with Gasteiger partial charge in [-0.3, -0.25) is 4.79 Å². The van der Waals surface area contributed by atoms with Crippen molar-refractivity contribution in [3.05, 3.63) is 70.6 Å². The van der Waals surface area contributed by atoms with Crippen molar-refractivity contribution in [2.24, 2.45) is 0 Å². The predicted molar refractivity (Wildman–Crippen MR) is 117 cm³/mol. The average Bonchev–Trinajstić information content (AvgIpc) is 3.34. The van der Waals surface area contributed by atoms with Gasteiger partial charge in [-0.25, -0.2) is 4.98 Å². The molecule has 0 saturated heterocycles. The lowest BCUT2D eigenvalue weighted by molar-refractivity contribution is -0.134. The number of fused-ring (bicyclic) bond motifs is 1. The molecule has 1 heterocycles. The summed E-state index contributed by atoms with van der Waals surface area (Å²) in [5.74, 6) is 1.69. The molecule has 0 saturated carbocycles. The Kier molecular flexibility index (Phi) is 7.28. The van der Waals surface area contributed by atoms with Gasteiger partial charge in [-0.15, -0.1) is 0 Å². The molecule has 0 radical (unpaired) electrons. The number of carboxylic acids is 1. The van der Waals surface area contributed by atoms with Crippen LogP contribution in [0.2, 0.25) is 0 Å². The van der Waals surface area contributed by atoms with Crippen LogP contribution in [-0.2, 0) is 30.5 Å². The van der Waals surface area contributed by atoms with Crippen LogP contribution in [0.1, 0.15) is 48.4 Å². The quantitative estimate of drug-likeness (QED) is 0.591. The van der Waals surface area contributed by atoms with E-state index in [2.05, 4.69) is 54.4 Å². The van der Waals surface area contributed by atoms with E-state index in [4.69, 9.17) is 19.1 Å². The van der Waals surface area contributed by atoms with Crippen LogP contribution in [0.3, 0.4) is 0 Å². The first-order valence-electron chi connectivity index (χ1n) is 10.5. The van der Waals surface area contributed by atoms with Crippen LogP contribution in [0.15, 0.2) is 46.9 Å². The summed E-state index contributed by atoms with van der Waals surface area (Å²) >= 11 is 0. The normalized spacial score (nSPS) is 12.1. The third-order valence-corrected chi connectivity index (χ3v) is 5.18. The summed E-state index contributed by atoms with van der Waals surface area (Å²) in [5, 5.41) is 7.42. The maximum atomic E-state index is 9.00. The largest absolute Gasteiger partial charge is 0.493 e. The number of benzene rings is 2. The number of aliphatic carboxylic acids is 1. The van der Waals surface area contributed by atoms with Gasteiger partial charge >= 0.3 is 0 Å². The smallest absolute Gasteiger partial charge is 0.300 e. The predicted octanol–water partition coefficient (Wildman–Crippen LogP) is 5.41. The number of hydrogen-bond acceptors (Lipinski definition) is 4. The number of carboxylic acid groups (broad SMARTS) is 1. The van der Waals surface area contributed by atoms with Gasteiger partial charge in [0, 0.05) is 18.9 Å². The van der Waals surface area contributed by atoms with Crippen LogP contribution in [-0.4, -0.2) is 22.7 Å². The Hall–Kier alpha value is -3.08. The molecule has 0 aliphatic heterocycles. The summed E-state index contributed by atoms with van der Waals surface area (Å²) in [6.07, 6.45) is 5.43. The van der Waals surface area contributed by atoms with Crippen LogP contribution in [0.25, 0.3) is 11.5 Å². The Morgan fingerprint density at radius 3 is 2.53 bits per heavy atom. The molecule has 158 valence electrons. The van der Waals surface area contributed by atoms with Crippen LogP contribution in [0.4, 0.5) is 0 Å². The number of hydrogen-bond donors (Lipinski definition) is 1. The van der Waals surface area contributed by atoms with E-state index in [0.29, 0.717) is 12.5 Å². The topological polar surface area (TPSA) is 72.6 Å². The molecule has 1 N–H and O–H groups in total. The molecule has 5 nitrogen and oxygen atoms in total. The molecule has 30 heavy (non-hydrogen) atoms. The van der Waals surface area contributed by atoms with E-state index in [1.165, 1.54) is 36.0 Å². The summed E-state index contributed by atoms with van der Waals surface area (Å²) < 4.78 is 11.8. The molecule has 1 aliphatic rings. The Bertz CT molecular complexity index is 985. The summed E-state index contributed by atoms with van der Waals surface area (Å²) in [6.45, 7) is 5.82. The molecular formula is C25H29NO4. The first kappa shape index (κ1) is 21.6. The maximum Gasteiger partial charge on any atom is 0.300 e. The van der Waals surface area contributed by atoms with Crippen molar-refractivity contribution in [1.82, 2.24) is 4.98 Å². The maximum absolute atomic E-state index is 9.00.